The summed E-state index contributed by atoms with van der Waals surface area (Å²) >= 11 is 0. The number of hydrogen-bond acceptors (Lipinski definition) is 5. The zero-order chi connectivity index (χ0) is 14.8. The standard InChI is InChI=1S/C15H14N2O4/c1-10-5-6-13(17(18)19)12(7-10)16-8-11-3-2-4-14-15(11)21-9-20-14/h2-7,16H,8-9H2,1H3. The van der Waals surface area contributed by atoms with Crippen molar-refractivity contribution >= 4 is 11.4 Å². The molecule has 1 heterocycles. The van der Waals surface area contributed by atoms with Crippen LogP contribution in [0.15, 0.2) is 36.4 Å². The van der Waals surface area contributed by atoms with E-state index in [0.717, 1.165) is 11.1 Å². The largest absolute Gasteiger partial charge is 0.454 e. The minimum Gasteiger partial charge on any atom is -0.454 e. The summed E-state index contributed by atoms with van der Waals surface area (Å²) in [4.78, 5) is 10.7. The van der Waals surface area contributed by atoms with Crippen molar-refractivity contribution in [1.82, 2.24) is 0 Å². The summed E-state index contributed by atoms with van der Waals surface area (Å²) in [6.07, 6.45) is 0. The Labute approximate surface area is 121 Å². The Balaban J connectivity index is 1.84. The lowest BCUT2D eigenvalue weighted by atomic mass is 10.1. The molecular formula is C15H14N2O4. The Morgan fingerprint density at radius 3 is 2.95 bits per heavy atom. The van der Waals surface area contributed by atoms with Crippen molar-refractivity contribution in [2.45, 2.75) is 13.5 Å². The van der Waals surface area contributed by atoms with Crippen molar-refractivity contribution < 1.29 is 14.4 Å². The van der Waals surface area contributed by atoms with E-state index >= 15 is 0 Å². The second-order valence-electron chi connectivity index (χ2n) is 4.78. The average Bonchev–Trinajstić information content (AvgIpc) is 2.93. The fourth-order valence-electron chi connectivity index (χ4n) is 2.27. The molecule has 21 heavy (non-hydrogen) atoms. The highest BCUT2D eigenvalue weighted by Gasteiger charge is 2.18. The van der Waals surface area contributed by atoms with Crippen LogP contribution in [0, 0.1) is 17.0 Å². The lowest BCUT2D eigenvalue weighted by Crippen LogP contribution is -2.04. The molecule has 0 saturated heterocycles. The van der Waals surface area contributed by atoms with Gasteiger partial charge in [-0.15, -0.1) is 0 Å². The number of fused-ring (bicyclic) bond motifs is 1. The van der Waals surface area contributed by atoms with Gasteiger partial charge >= 0.3 is 0 Å². The number of nitro benzene ring substituents is 1. The number of para-hydroxylation sites is 1. The van der Waals surface area contributed by atoms with E-state index in [1.807, 2.05) is 25.1 Å². The number of nitrogens with one attached hydrogen (secondary N) is 1. The van der Waals surface area contributed by atoms with Crippen molar-refractivity contribution in [1.29, 1.82) is 0 Å². The number of ether oxygens (including phenoxy) is 2. The number of benzene rings is 2. The predicted molar refractivity (Wildman–Crippen MR) is 77.7 cm³/mol. The molecule has 0 amide bonds. The van der Waals surface area contributed by atoms with E-state index in [1.54, 1.807) is 12.1 Å². The van der Waals surface area contributed by atoms with E-state index < -0.39 is 4.92 Å². The molecule has 0 fully saturated rings. The van der Waals surface area contributed by atoms with Crippen LogP contribution >= 0.6 is 0 Å². The fourth-order valence-corrected chi connectivity index (χ4v) is 2.27. The van der Waals surface area contributed by atoms with E-state index in [0.29, 0.717) is 23.7 Å². The van der Waals surface area contributed by atoms with Crippen molar-refractivity contribution in [3.8, 4) is 11.5 Å². The molecule has 6 heteroatoms. The molecule has 0 saturated carbocycles. The molecule has 2 aromatic carbocycles. The molecule has 108 valence electrons. The molecule has 2 aromatic rings. The molecule has 1 aliphatic rings. The highest BCUT2D eigenvalue weighted by Crippen LogP contribution is 2.36. The zero-order valence-corrected chi connectivity index (χ0v) is 11.5. The maximum absolute atomic E-state index is 11.1. The number of nitrogens with zero attached hydrogens (tertiary/aromatic N) is 1. The van der Waals surface area contributed by atoms with Crippen molar-refractivity contribution in [3.63, 3.8) is 0 Å². The normalized spacial score (nSPS) is 12.2. The lowest BCUT2D eigenvalue weighted by Gasteiger charge is -2.10. The molecule has 6 nitrogen and oxygen atoms in total. The maximum Gasteiger partial charge on any atom is 0.292 e. The van der Waals surface area contributed by atoms with Crippen LogP contribution in [-0.4, -0.2) is 11.7 Å². The molecule has 0 bridgehead atoms. The molecule has 0 aromatic heterocycles. The van der Waals surface area contributed by atoms with Crippen LogP contribution in [0.1, 0.15) is 11.1 Å². The second kappa shape index (κ2) is 5.32. The summed E-state index contributed by atoms with van der Waals surface area (Å²) in [7, 11) is 0. The Morgan fingerprint density at radius 2 is 2.14 bits per heavy atom. The summed E-state index contributed by atoms with van der Waals surface area (Å²) in [6, 6.07) is 10.6. The number of nitro groups is 1. The number of anilines is 1. The molecule has 1 N–H and O–H groups in total. The van der Waals surface area contributed by atoms with Crippen LogP contribution in [-0.2, 0) is 6.54 Å². The zero-order valence-electron chi connectivity index (χ0n) is 11.5. The Hall–Kier alpha value is -2.76. The first-order chi connectivity index (χ1) is 10.1. The first kappa shape index (κ1) is 13.2. The van der Waals surface area contributed by atoms with Crippen molar-refractivity contribution in [3.05, 3.63) is 57.6 Å². The van der Waals surface area contributed by atoms with Crippen LogP contribution < -0.4 is 14.8 Å². The third kappa shape index (κ3) is 2.60. The third-order valence-corrected chi connectivity index (χ3v) is 3.30. The summed E-state index contributed by atoms with van der Waals surface area (Å²) in [5.41, 5.74) is 2.42. The van der Waals surface area contributed by atoms with Crippen LogP contribution in [0.3, 0.4) is 0 Å². The smallest absolute Gasteiger partial charge is 0.292 e. The highest BCUT2D eigenvalue weighted by atomic mass is 16.7. The summed E-state index contributed by atoms with van der Waals surface area (Å²) < 4.78 is 10.7. The number of aryl methyl sites for hydroxylation is 1. The monoisotopic (exact) mass is 286 g/mol. The minimum atomic E-state index is -0.392. The summed E-state index contributed by atoms with van der Waals surface area (Å²) in [5.74, 6) is 1.40. The summed E-state index contributed by atoms with van der Waals surface area (Å²) in [6.45, 7) is 2.53. The van der Waals surface area contributed by atoms with Crippen molar-refractivity contribution in [2.24, 2.45) is 0 Å². The Morgan fingerprint density at radius 1 is 1.29 bits per heavy atom. The molecule has 0 aliphatic carbocycles. The van der Waals surface area contributed by atoms with Crippen LogP contribution in [0.2, 0.25) is 0 Å². The molecule has 0 spiro atoms. The van der Waals surface area contributed by atoms with Crippen LogP contribution in [0.4, 0.5) is 11.4 Å². The summed E-state index contributed by atoms with van der Waals surface area (Å²) in [5, 5.41) is 14.2. The highest BCUT2D eigenvalue weighted by molar-refractivity contribution is 5.63. The van der Waals surface area contributed by atoms with Gasteiger partial charge < -0.3 is 14.8 Å². The van der Waals surface area contributed by atoms with Gasteiger partial charge in [-0.1, -0.05) is 18.2 Å². The van der Waals surface area contributed by atoms with Gasteiger partial charge in [-0.05, 0) is 24.6 Å². The SMILES string of the molecule is Cc1ccc([N+](=O)[O-])c(NCc2cccc3c2OCO3)c1. The van der Waals surface area contributed by atoms with Crippen LogP contribution in [0.5, 0.6) is 11.5 Å². The van der Waals surface area contributed by atoms with Gasteiger partial charge in [-0.2, -0.15) is 0 Å². The first-order valence-electron chi connectivity index (χ1n) is 6.51. The average molecular weight is 286 g/mol. The van der Waals surface area contributed by atoms with E-state index in [-0.39, 0.29) is 12.5 Å². The lowest BCUT2D eigenvalue weighted by molar-refractivity contribution is -0.384. The van der Waals surface area contributed by atoms with Gasteiger partial charge in [0.25, 0.3) is 5.69 Å². The Bertz CT molecular complexity index is 700. The third-order valence-electron chi connectivity index (χ3n) is 3.30. The van der Waals surface area contributed by atoms with Crippen LogP contribution in [0.25, 0.3) is 0 Å². The van der Waals surface area contributed by atoms with Gasteiger partial charge in [0, 0.05) is 18.2 Å². The molecule has 0 unspecified atom stereocenters. The van der Waals surface area contributed by atoms with Gasteiger partial charge in [0.15, 0.2) is 11.5 Å². The minimum absolute atomic E-state index is 0.0605. The van der Waals surface area contributed by atoms with E-state index in [1.165, 1.54) is 6.07 Å². The van der Waals surface area contributed by atoms with Gasteiger partial charge in [0.2, 0.25) is 6.79 Å². The molecular weight excluding hydrogens is 272 g/mol. The molecule has 1 aliphatic heterocycles. The quantitative estimate of drug-likeness (QED) is 0.690. The maximum atomic E-state index is 11.1. The van der Waals surface area contributed by atoms with E-state index in [9.17, 15) is 10.1 Å². The number of hydrogen-bond donors (Lipinski definition) is 1. The Kier molecular flexibility index (Phi) is 3.35. The topological polar surface area (TPSA) is 73.6 Å². The fraction of sp³-hybridized carbons (Fsp3) is 0.200. The van der Waals surface area contributed by atoms with E-state index in [2.05, 4.69) is 5.32 Å². The molecule has 0 radical (unpaired) electrons. The second-order valence-corrected chi connectivity index (χ2v) is 4.78. The molecule has 3 rings (SSSR count). The molecule has 0 atom stereocenters. The van der Waals surface area contributed by atoms with Gasteiger partial charge in [-0.25, -0.2) is 0 Å². The van der Waals surface area contributed by atoms with Crippen molar-refractivity contribution in [2.75, 3.05) is 12.1 Å². The van der Waals surface area contributed by atoms with Gasteiger partial charge in [0.1, 0.15) is 5.69 Å². The number of rotatable bonds is 4. The van der Waals surface area contributed by atoms with Gasteiger partial charge in [0.05, 0.1) is 4.92 Å². The van der Waals surface area contributed by atoms with Gasteiger partial charge in [-0.3, -0.25) is 10.1 Å². The van der Waals surface area contributed by atoms with E-state index in [4.69, 9.17) is 9.47 Å². The first-order valence-corrected chi connectivity index (χ1v) is 6.51. The predicted octanol–water partition coefficient (Wildman–Crippen LogP) is 3.24.